The minimum absolute atomic E-state index is 0.0591. The highest BCUT2D eigenvalue weighted by molar-refractivity contribution is 5.91. The molecule has 0 aliphatic carbocycles. The summed E-state index contributed by atoms with van der Waals surface area (Å²) in [5.41, 5.74) is 0. The van der Waals surface area contributed by atoms with E-state index in [0.717, 1.165) is 37.6 Å². The minimum atomic E-state index is -0.119. The number of hydrogen-bond acceptors (Lipinski definition) is 5. The summed E-state index contributed by atoms with van der Waals surface area (Å²) in [5, 5.41) is 8.75. The van der Waals surface area contributed by atoms with Gasteiger partial charge in [-0.1, -0.05) is 0 Å². The first-order chi connectivity index (χ1) is 13.0. The van der Waals surface area contributed by atoms with Crippen molar-refractivity contribution in [3.05, 3.63) is 35.8 Å². The summed E-state index contributed by atoms with van der Waals surface area (Å²) < 4.78 is 7.35. The summed E-state index contributed by atoms with van der Waals surface area (Å²) in [6, 6.07) is 3.45. The molecule has 0 radical (unpaired) electrons. The second kappa shape index (κ2) is 7.05. The summed E-state index contributed by atoms with van der Waals surface area (Å²) >= 11 is 0. The van der Waals surface area contributed by atoms with E-state index in [1.807, 2.05) is 4.90 Å². The fraction of sp³-hybridized carbons (Fsp3) is 0.556. The number of fused-ring (bicyclic) bond motifs is 1. The lowest BCUT2D eigenvalue weighted by molar-refractivity contribution is 0.0673. The number of likely N-dealkylation sites (tertiary alicyclic amines) is 1. The van der Waals surface area contributed by atoms with Crippen molar-refractivity contribution in [2.45, 2.75) is 31.8 Å². The summed E-state index contributed by atoms with van der Waals surface area (Å²) in [4.78, 5) is 29.8. The van der Waals surface area contributed by atoms with Crippen LogP contribution in [0, 0.1) is 0 Å². The molecule has 0 bridgehead atoms. The molecule has 27 heavy (non-hydrogen) atoms. The maximum absolute atomic E-state index is 12.5. The highest BCUT2D eigenvalue weighted by Gasteiger charge is 2.31. The number of piperidine rings is 1. The molecule has 2 aliphatic rings. The number of furan rings is 1. The van der Waals surface area contributed by atoms with Crippen LogP contribution in [0.15, 0.2) is 22.8 Å². The Labute approximate surface area is 157 Å². The molecular weight excluding hydrogens is 348 g/mol. The predicted octanol–water partition coefficient (Wildman–Crippen LogP) is 1.39. The molecule has 0 spiro atoms. The van der Waals surface area contributed by atoms with E-state index in [9.17, 15) is 9.59 Å². The Morgan fingerprint density at radius 1 is 1.11 bits per heavy atom. The molecule has 3 amide bonds. The van der Waals surface area contributed by atoms with Gasteiger partial charge in [-0.05, 0) is 25.0 Å². The number of carbonyl (C=O) groups excluding carboxylic acids is 2. The molecule has 0 saturated carbocycles. The van der Waals surface area contributed by atoms with Gasteiger partial charge in [-0.3, -0.25) is 4.79 Å². The SMILES string of the molecule is CN(C)C(=O)N1CCC(c2nnc3n2CCN(C(=O)c2ccco2)C3)CC1. The molecule has 9 heteroatoms. The second-order valence-corrected chi connectivity index (χ2v) is 7.27. The van der Waals surface area contributed by atoms with E-state index in [2.05, 4.69) is 14.8 Å². The van der Waals surface area contributed by atoms with Crippen LogP contribution in [0.3, 0.4) is 0 Å². The largest absolute Gasteiger partial charge is 0.459 e. The molecule has 4 heterocycles. The van der Waals surface area contributed by atoms with Gasteiger partial charge in [0.15, 0.2) is 11.6 Å². The van der Waals surface area contributed by atoms with Crippen molar-refractivity contribution in [2.75, 3.05) is 33.7 Å². The average Bonchev–Trinajstić information content (AvgIpc) is 3.36. The first kappa shape index (κ1) is 17.6. The van der Waals surface area contributed by atoms with Crippen molar-refractivity contribution >= 4 is 11.9 Å². The van der Waals surface area contributed by atoms with Gasteiger partial charge >= 0.3 is 6.03 Å². The van der Waals surface area contributed by atoms with Crippen LogP contribution in [0.1, 0.15) is 41.0 Å². The van der Waals surface area contributed by atoms with Crippen LogP contribution in [-0.2, 0) is 13.1 Å². The molecule has 0 unspecified atom stereocenters. The van der Waals surface area contributed by atoms with Crippen LogP contribution >= 0.6 is 0 Å². The van der Waals surface area contributed by atoms with Crippen molar-refractivity contribution in [1.82, 2.24) is 29.5 Å². The van der Waals surface area contributed by atoms with E-state index in [1.54, 1.807) is 36.0 Å². The van der Waals surface area contributed by atoms with E-state index in [4.69, 9.17) is 4.42 Å². The Bertz CT molecular complexity index is 820. The van der Waals surface area contributed by atoms with Crippen molar-refractivity contribution in [3.63, 3.8) is 0 Å². The van der Waals surface area contributed by atoms with Gasteiger partial charge in [0.25, 0.3) is 5.91 Å². The van der Waals surface area contributed by atoms with E-state index in [0.29, 0.717) is 31.3 Å². The monoisotopic (exact) mass is 372 g/mol. The summed E-state index contributed by atoms with van der Waals surface area (Å²) in [6.45, 7) is 3.18. The fourth-order valence-electron chi connectivity index (χ4n) is 3.82. The number of rotatable bonds is 2. The van der Waals surface area contributed by atoms with Crippen molar-refractivity contribution in [2.24, 2.45) is 0 Å². The zero-order chi connectivity index (χ0) is 19.0. The number of nitrogens with zero attached hydrogens (tertiary/aromatic N) is 6. The lowest BCUT2D eigenvalue weighted by Crippen LogP contribution is -2.44. The summed E-state index contributed by atoms with van der Waals surface area (Å²) in [6.07, 6.45) is 3.27. The lowest BCUT2D eigenvalue weighted by atomic mass is 9.96. The molecular formula is C18H24N6O3. The molecule has 0 N–H and O–H groups in total. The van der Waals surface area contributed by atoms with Crippen molar-refractivity contribution < 1.29 is 14.0 Å². The topological polar surface area (TPSA) is 87.7 Å². The van der Waals surface area contributed by atoms with Crippen LogP contribution in [0.2, 0.25) is 0 Å². The molecule has 144 valence electrons. The predicted molar refractivity (Wildman–Crippen MR) is 96.1 cm³/mol. The molecule has 0 aromatic carbocycles. The van der Waals surface area contributed by atoms with Crippen molar-refractivity contribution in [1.29, 1.82) is 0 Å². The standard InChI is InChI=1S/C18H24N6O3/c1-21(2)18(26)22-7-5-13(6-8-22)16-20-19-15-12-23(9-10-24(15)16)17(25)14-4-3-11-27-14/h3-4,11,13H,5-10,12H2,1-2H3. The first-order valence-electron chi connectivity index (χ1n) is 9.25. The van der Waals surface area contributed by atoms with Gasteiger partial charge in [0.2, 0.25) is 0 Å². The Morgan fingerprint density at radius 3 is 2.56 bits per heavy atom. The molecule has 1 fully saturated rings. The normalized spacial score (nSPS) is 17.7. The van der Waals surface area contributed by atoms with E-state index in [1.165, 1.54) is 6.26 Å². The molecule has 2 aromatic heterocycles. The molecule has 0 atom stereocenters. The highest BCUT2D eigenvalue weighted by atomic mass is 16.3. The van der Waals surface area contributed by atoms with Gasteiger partial charge in [-0.2, -0.15) is 0 Å². The third-order valence-corrected chi connectivity index (χ3v) is 5.31. The fourth-order valence-corrected chi connectivity index (χ4v) is 3.82. The minimum Gasteiger partial charge on any atom is -0.459 e. The molecule has 9 nitrogen and oxygen atoms in total. The Morgan fingerprint density at radius 2 is 1.89 bits per heavy atom. The van der Waals surface area contributed by atoms with Crippen LogP contribution in [0.25, 0.3) is 0 Å². The Balaban J connectivity index is 1.42. The van der Waals surface area contributed by atoms with Gasteiger partial charge in [-0.25, -0.2) is 4.79 Å². The second-order valence-electron chi connectivity index (χ2n) is 7.27. The zero-order valence-electron chi connectivity index (χ0n) is 15.7. The molecule has 2 aliphatic heterocycles. The van der Waals surface area contributed by atoms with Crippen molar-refractivity contribution in [3.8, 4) is 0 Å². The molecule has 1 saturated heterocycles. The molecule has 2 aromatic rings. The van der Waals surface area contributed by atoms with Crippen LogP contribution in [0.4, 0.5) is 4.79 Å². The third-order valence-electron chi connectivity index (χ3n) is 5.31. The average molecular weight is 372 g/mol. The number of amides is 3. The number of hydrogen-bond donors (Lipinski definition) is 0. The van der Waals surface area contributed by atoms with E-state index >= 15 is 0 Å². The van der Waals surface area contributed by atoms with Gasteiger partial charge < -0.3 is 23.7 Å². The third kappa shape index (κ3) is 3.29. The van der Waals surface area contributed by atoms with Gasteiger partial charge in [0, 0.05) is 46.2 Å². The smallest absolute Gasteiger partial charge is 0.319 e. The van der Waals surface area contributed by atoms with Gasteiger partial charge in [0.05, 0.1) is 12.8 Å². The van der Waals surface area contributed by atoms with E-state index in [-0.39, 0.29) is 11.9 Å². The summed E-state index contributed by atoms with van der Waals surface area (Å²) in [7, 11) is 3.55. The van der Waals surface area contributed by atoms with Crippen LogP contribution in [0.5, 0.6) is 0 Å². The van der Waals surface area contributed by atoms with Crippen LogP contribution < -0.4 is 0 Å². The number of aromatic nitrogens is 3. The van der Waals surface area contributed by atoms with Gasteiger partial charge in [-0.15, -0.1) is 10.2 Å². The van der Waals surface area contributed by atoms with Crippen LogP contribution in [-0.4, -0.2) is 75.1 Å². The van der Waals surface area contributed by atoms with E-state index < -0.39 is 0 Å². The summed E-state index contributed by atoms with van der Waals surface area (Å²) in [5.74, 6) is 2.31. The highest BCUT2D eigenvalue weighted by Crippen LogP contribution is 2.29. The Kier molecular flexibility index (Phi) is 4.59. The maximum Gasteiger partial charge on any atom is 0.319 e. The number of urea groups is 1. The maximum atomic E-state index is 12.5. The molecule has 4 rings (SSSR count). The lowest BCUT2D eigenvalue weighted by Gasteiger charge is -2.34. The first-order valence-corrected chi connectivity index (χ1v) is 9.25. The quantitative estimate of drug-likeness (QED) is 0.795. The van der Waals surface area contributed by atoms with Gasteiger partial charge in [0.1, 0.15) is 5.82 Å². The number of carbonyl (C=O) groups is 2. The Hall–Kier alpha value is -2.84. The zero-order valence-corrected chi connectivity index (χ0v) is 15.7.